The largest absolute Gasteiger partial charge is 0.433 e. The second-order valence-corrected chi connectivity index (χ2v) is 6.72. The lowest BCUT2D eigenvalue weighted by Gasteiger charge is -2.17. The Morgan fingerprint density at radius 3 is 2.19 bits per heavy atom. The second kappa shape index (κ2) is 8.50. The van der Waals surface area contributed by atoms with Gasteiger partial charge >= 0.3 is 12.4 Å². The minimum Gasteiger partial charge on any atom is -0.368 e. The predicted molar refractivity (Wildman–Crippen MR) is 103 cm³/mol. The van der Waals surface area contributed by atoms with E-state index in [1.54, 1.807) is 30.3 Å². The van der Waals surface area contributed by atoms with Gasteiger partial charge in [-0.3, -0.25) is 0 Å². The van der Waals surface area contributed by atoms with Gasteiger partial charge in [0, 0.05) is 23.4 Å². The molecular weight excluding hydrogens is 424 g/mol. The van der Waals surface area contributed by atoms with Gasteiger partial charge in [-0.2, -0.15) is 26.3 Å². The number of aromatic nitrogens is 3. The van der Waals surface area contributed by atoms with Gasteiger partial charge in [-0.05, 0) is 24.6 Å². The molecule has 3 rings (SSSR count). The number of benzene rings is 1. The number of aryl methyl sites for hydroxylation is 1. The Kier molecular flexibility index (Phi) is 6.16. The maximum Gasteiger partial charge on any atom is 0.433 e. The minimum absolute atomic E-state index is 0.0364. The van der Waals surface area contributed by atoms with Gasteiger partial charge < -0.3 is 11.1 Å². The number of halogens is 6. The molecule has 0 saturated carbocycles. The molecule has 3 aromatic rings. The van der Waals surface area contributed by atoms with E-state index in [1.807, 2.05) is 0 Å². The summed E-state index contributed by atoms with van der Waals surface area (Å²) in [6.07, 6.45) is -9.19. The van der Waals surface area contributed by atoms with Gasteiger partial charge in [0.25, 0.3) is 0 Å². The molecule has 0 bridgehead atoms. The highest BCUT2D eigenvalue weighted by molar-refractivity contribution is 5.83. The van der Waals surface area contributed by atoms with Crippen LogP contribution in [0.1, 0.15) is 17.1 Å². The Balaban J connectivity index is 2.22. The van der Waals surface area contributed by atoms with E-state index in [2.05, 4.69) is 20.3 Å². The van der Waals surface area contributed by atoms with Gasteiger partial charge in [-0.25, -0.2) is 15.0 Å². The first-order chi connectivity index (χ1) is 14.4. The molecule has 11 heteroatoms. The molecule has 2 aromatic heterocycles. The molecule has 0 amide bonds. The summed E-state index contributed by atoms with van der Waals surface area (Å²) in [5.41, 5.74) is 5.69. The molecule has 0 fully saturated rings. The minimum atomic E-state index is -4.71. The van der Waals surface area contributed by atoms with Crippen molar-refractivity contribution in [3.05, 3.63) is 59.5 Å². The monoisotopic (exact) mass is 441 g/mol. The Morgan fingerprint density at radius 1 is 0.903 bits per heavy atom. The molecule has 0 atom stereocenters. The lowest BCUT2D eigenvalue weighted by molar-refractivity contribution is -0.141. The first-order valence-electron chi connectivity index (χ1n) is 8.99. The van der Waals surface area contributed by atoms with Crippen molar-refractivity contribution < 1.29 is 26.3 Å². The van der Waals surface area contributed by atoms with Crippen LogP contribution in [0.3, 0.4) is 0 Å². The highest BCUT2D eigenvalue weighted by atomic mass is 19.4. The molecule has 0 saturated heterocycles. The van der Waals surface area contributed by atoms with Gasteiger partial charge in [-0.1, -0.05) is 30.3 Å². The third-order valence-electron chi connectivity index (χ3n) is 4.20. The zero-order valence-corrected chi connectivity index (χ0v) is 16.1. The van der Waals surface area contributed by atoms with E-state index < -0.39 is 24.6 Å². The van der Waals surface area contributed by atoms with Crippen LogP contribution in [0.25, 0.3) is 22.4 Å². The van der Waals surface area contributed by atoms with E-state index in [-0.39, 0.29) is 40.7 Å². The van der Waals surface area contributed by atoms with Crippen LogP contribution in [0.2, 0.25) is 0 Å². The fourth-order valence-electron chi connectivity index (χ4n) is 3.04. The van der Waals surface area contributed by atoms with Gasteiger partial charge in [0.05, 0.1) is 17.9 Å². The zero-order valence-electron chi connectivity index (χ0n) is 16.1. The summed E-state index contributed by atoms with van der Waals surface area (Å²) in [4.78, 5) is 11.7. The van der Waals surface area contributed by atoms with Crippen LogP contribution in [-0.2, 0) is 12.7 Å². The number of nitrogen functional groups attached to an aromatic ring is 1. The van der Waals surface area contributed by atoms with Crippen LogP contribution in [0, 0.1) is 6.92 Å². The van der Waals surface area contributed by atoms with E-state index in [1.165, 1.54) is 13.0 Å². The molecule has 31 heavy (non-hydrogen) atoms. The van der Waals surface area contributed by atoms with Crippen molar-refractivity contribution in [2.45, 2.75) is 25.8 Å². The fraction of sp³-hybridized carbons (Fsp3) is 0.250. The number of alkyl halides is 6. The Hall–Kier alpha value is -3.21. The summed E-state index contributed by atoms with van der Waals surface area (Å²) in [5, 5.41) is 2.21. The highest BCUT2D eigenvalue weighted by Crippen LogP contribution is 2.37. The van der Waals surface area contributed by atoms with E-state index in [0.717, 1.165) is 6.07 Å². The summed E-state index contributed by atoms with van der Waals surface area (Å²) in [7, 11) is 0. The molecule has 5 nitrogen and oxygen atoms in total. The molecule has 0 spiro atoms. The van der Waals surface area contributed by atoms with Crippen molar-refractivity contribution in [2.75, 3.05) is 12.3 Å². The molecule has 0 aliphatic heterocycles. The van der Waals surface area contributed by atoms with Crippen molar-refractivity contribution >= 4 is 5.95 Å². The number of nitrogens with two attached hydrogens (primary N) is 1. The van der Waals surface area contributed by atoms with Gasteiger partial charge in [0.2, 0.25) is 5.95 Å². The highest BCUT2D eigenvalue weighted by Gasteiger charge is 2.34. The molecular formula is C20H17F6N5. The molecule has 0 unspecified atom stereocenters. The second-order valence-electron chi connectivity index (χ2n) is 6.72. The van der Waals surface area contributed by atoms with Crippen molar-refractivity contribution in [3.8, 4) is 22.4 Å². The number of pyridine rings is 1. The molecule has 164 valence electrons. The number of rotatable bonds is 5. The van der Waals surface area contributed by atoms with Crippen molar-refractivity contribution in [2.24, 2.45) is 0 Å². The Labute approximate surface area is 173 Å². The average molecular weight is 441 g/mol. The van der Waals surface area contributed by atoms with Gasteiger partial charge in [-0.15, -0.1) is 0 Å². The number of hydrogen-bond acceptors (Lipinski definition) is 5. The van der Waals surface area contributed by atoms with E-state index in [4.69, 9.17) is 5.73 Å². The zero-order chi connectivity index (χ0) is 22.8. The van der Waals surface area contributed by atoms with Crippen LogP contribution in [-0.4, -0.2) is 27.7 Å². The van der Waals surface area contributed by atoms with Crippen molar-refractivity contribution in [1.82, 2.24) is 20.3 Å². The van der Waals surface area contributed by atoms with Crippen molar-refractivity contribution in [3.63, 3.8) is 0 Å². The van der Waals surface area contributed by atoms with Crippen LogP contribution >= 0.6 is 0 Å². The number of hydrogen-bond donors (Lipinski definition) is 2. The van der Waals surface area contributed by atoms with Crippen LogP contribution in [0.15, 0.2) is 42.5 Å². The normalized spacial score (nSPS) is 12.2. The van der Waals surface area contributed by atoms with E-state index in [9.17, 15) is 26.3 Å². The lowest BCUT2D eigenvalue weighted by Crippen LogP contribution is -2.29. The summed E-state index contributed by atoms with van der Waals surface area (Å²) < 4.78 is 77.8. The third kappa shape index (κ3) is 5.69. The molecule has 1 aromatic carbocycles. The standard InChI is InChI=1S/C20H17F6N5/c1-11-7-13(8-15(29-11)20(24,25)26)16-14(9-28-10-19(21,22)23)30-18(27)31-17(16)12-5-3-2-4-6-12/h2-8,28H,9-10H2,1H3,(H2,27,30,31). The molecule has 3 N–H and O–H groups in total. The summed E-state index contributed by atoms with van der Waals surface area (Å²) >= 11 is 0. The smallest absolute Gasteiger partial charge is 0.368 e. The number of nitrogens with zero attached hydrogens (tertiary/aromatic N) is 3. The fourth-order valence-corrected chi connectivity index (χ4v) is 3.04. The Bertz CT molecular complexity index is 1060. The van der Waals surface area contributed by atoms with E-state index in [0.29, 0.717) is 5.56 Å². The van der Waals surface area contributed by atoms with Crippen LogP contribution in [0.5, 0.6) is 0 Å². The molecule has 0 aliphatic carbocycles. The number of anilines is 1. The molecule has 0 radical (unpaired) electrons. The first-order valence-corrected chi connectivity index (χ1v) is 8.99. The maximum atomic E-state index is 13.3. The lowest BCUT2D eigenvalue weighted by atomic mass is 9.96. The predicted octanol–water partition coefficient (Wildman–Crippen LogP) is 4.77. The first kappa shape index (κ1) is 22.5. The molecule has 0 aliphatic rings. The summed E-state index contributed by atoms with van der Waals surface area (Å²) in [6, 6.07) is 10.7. The summed E-state index contributed by atoms with van der Waals surface area (Å²) in [6.45, 7) is -0.301. The average Bonchev–Trinajstić information content (AvgIpc) is 2.66. The Morgan fingerprint density at radius 2 is 1.58 bits per heavy atom. The quantitative estimate of drug-likeness (QED) is 0.558. The van der Waals surface area contributed by atoms with Crippen LogP contribution < -0.4 is 11.1 Å². The third-order valence-corrected chi connectivity index (χ3v) is 4.20. The van der Waals surface area contributed by atoms with E-state index >= 15 is 0 Å². The topological polar surface area (TPSA) is 76.7 Å². The van der Waals surface area contributed by atoms with Gasteiger partial charge in [0.1, 0.15) is 5.69 Å². The van der Waals surface area contributed by atoms with Crippen LogP contribution in [0.4, 0.5) is 32.3 Å². The van der Waals surface area contributed by atoms with Crippen molar-refractivity contribution in [1.29, 1.82) is 0 Å². The maximum absolute atomic E-state index is 13.3. The summed E-state index contributed by atoms with van der Waals surface area (Å²) in [5.74, 6) is -0.215. The number of nitrogens with one attached hydrogen (secondary N) is 1. The van der Waals surface area contributed by atoms with Gasteiger partial charge in [0.15, 0.2) is 0 Å². The SMILES string of the molecule is Cc1cc(-c2c(CNCC(F)(F)F)nc(N)nc2-c2ccccc2)cc(C(F)(F)F)n1. The molecule has 2 heterocycles.